The van der Waals surface area contributed by atoms with E-state index in [1.807, 2.05) is 11.0 Å². The minimum Gasteiger partial charge on any atom is -0.494 e. The summed E-state index contributed by atoms with van der Waals surface area (Å²) in [5, 5.41) is 0.395. The summed E-state index contributed by atoms with van der Waals surface area (Å²) in [5.41, 5.74) is 2.41. The predicted octanol–water partition coefficient (Wildman–Crippen LogP) is 4.32. The zero-order valence-electron chi connectivity index (χ0n) is 15.4. The molecule has 1 aliphatic rings. The number of methoxy groups -OCH3 is 1. The summed E-state index contributed by atoms with van der Waals surface area (Å²) in [6.45, 7) is 4.88. The molecule has 4 rings (SSSR count). The highest BCUT2D eigenvalue weighted by Crippen LogP contribution is 2.40. The molecule has 0 N–H and O–H groups in total. The molecule has 1 aliphatic heterocycles. The van der Waals surface area contributed by atoms with Crippen LogP contribution in [0.5, 0.6) is 5.75 Å². The van der Waals surface area contributed by atoms with Crippen molar-refractivity contribution in [1.29, 1.82) is 0 Å². The fourth-order valence-electron chi connectivity index (χ4n) is 3.48. The first-order valence-corrected chi connectivity index (χ1v) is 9.76. The molecule has 1 amide bonds. The Kier molecular flexibility index (Phi) is 4.74. The van der Waals surface area contributed by atoms with Gasteiger partial charge in [-0.3, -0.25) is 4.79 Å². The van der Waals surface area contributed by atoms with Crippen LogP contribution in [0.15, 0.2) is 42.5 Å². The Morgan fingerprint density at radius 2 is 1.78 bits per heavy atom. The Morgan fingerprint density at radius 3 is 2.44 bits per heavy atom. The van der Waals surface area contributed by atoms with E-state index in [4.69, 9.17) is 4.74 Å². The third-order valence-electron chi connectivity index (χ3n) is 4.99. The van der Waals surface area contributed by atoms with Crippen molar-refractivity contribution < 1.29 is 13.9 Å². The van der Waals surface area contributed by atoms with Crippen LogP contribution in [0.1, 0.15) is 15.2 Å². The van der Waals surface area contributed by atoms with Crippen LogP contribution in [0.2, 0.25) is 0 Å². The minimum atomic E-state index is -0.358. The van der Waals surface area contributed by atoms with Gasteiger partial charge in [0.25, 0.3) is 5.91 Å². The van der Waals surface area contributed by atoms with Crippen LogP contribution in [0.3, 0.4) is 0 Å². The van der Waals surface area contributed by atoms with E-state index in [9.17, 15) is 9.18 Å². The molecule has 0 spiro atoms. The number of hydrogen-bond donors (Lipinski definition) is 0. The van der Waals surface area contributed by atoms with Crippen LogP contribution < -0.4 is 9.64 Å². The van der Waals surface area contributed by atoms with Crippen molar-refractivity contribution in [2.45, 2.75) is 6.92 Å². The largest absolute Gasteiger partial charge is 0.494 e. The van der Waals surface area contributed by atoms with Gasteiger partial charge in [-0.15, -0.1) is 11.3 Å². The Balaban J connectivity index is 1.54. The van der Waals surface area contributed by atoms with Gasteiger partial charge in [0.05, 0.1) is 12.5 Å². The number of rotatable bonds is 3. The van der Waals surface area contributed by atoms with E-state index in [0.717, 1.165) is 17.8 Å². The zero-order valence-corrected chi connectivity index (χ0v) is 16.2. The molecule has 2 aromatic carbocycles. The van der Waals surface area contributed by atoms with Gasteiger partial charge >= 0.3 is 0 Å². The average Bonchev–Trinajstić information content (AvgIpc) is 3.08. The maximum Gasteiger partial charge on any atom is 0.267 e. The number of hydrogen-bond acceptors (Lipinski definition) is 4. The van der Waals surface area contributed by atoms with Crippen molar-refractivity contribution in [3.63, 3.8) is 0 Å². The fraction of sp³-hybridized carbons (Fsp3) is 0.286. The highest BCUT2D eigenvalue weighted by Gasteiger charge is 2.28. The smallest absolute Gasteiger partial charge is 0.267 e. The number of aryl methyl sites for hydroxylation is 1. The number of fused-ring (bicyclic) bond motifs is 1. The van der Waals surface area contributed by atoms with Gasteiger partial charge in [-0.25, -0.2) is 4.39 Å². The molecule has 140 valence electrons. The first kappa shape index (κ1) is 17.8. The fourth-order valence-corrected chi connectivity index (χ4v) is 4.64. The van der Waals surface area contributed by atoms with Crippen LogP contribution in [0, 0.1) is 12.7 Å². The molecule has 1 aromatic heterocycles. The molecule has 0 radical (unpaired) electrons. The number of halogens is 1. The van der Waals surface area contributed by atoms with Gasteiger partial charge in [0.15, 0.2) is 5.75 Å². The molecule has 0 atom stereocenters. The van der Waals surface area contributed by atoms with Crippen molar-refractivity contribution in [1.82, 2.24) is 4.90 Å². The number of carbonyl (C=O) groups excluding carboxylic acids is 1. The SMILES string of the molecule is COc1c(C(=O)N2CCN(c3ccc(C)cc3)CC2)sc2cccc(F)c12. The van der Waals surface area contributed by atoms with Crippen molar-refractivity contribution in [3.8, 4) is 5.75 Å². The van der Waals surface area contributed by atoms with Gasteiger partial charge in [-0.05, 0) is 31.2 Å². The van der Waals surface area contributed by atoms with Crippen molar-refractivity contribution >= 4 is 33.0 Å². The quantitative estimate of drug-likeness (QED) is 0.674. The lowest BCUT2D eigenvalue weighted by Gasteiger charge is -2.36. The maximum absolute atomic E-state index is 14.2. The van der Waals surface area contributed by atoms with Crippen molar-refractivity contribution in [2.24, 2.45) is 0 Å². The van der Waals surface area contributed by atoms with E-state index < -0.39 is 0 Å². The number of carbonyl (C=O) groups is 1. The number of thiophene rings is 1. The monoisotopic (exact) mass is 384 g/mol. The summed E-state index contributed by atoms with van der Waals surface area (Å²) in [6, 6.07) is 13.3. The second-order valence-corrected chi connectivity index (χ2v) is 7.74. The normalized spacial score (nSPS) is 14.6. The Labute approximate surface area is 161 Å². The molecule has 1 fully saturated rings. The number of benzene rings is 2. The van der Waals surface area contributed by atoms with Gasteiger partial charge in [0.2, 0.25) is 0 Å². The average molecular weight is 384 g/mol. The molecule has 0 bridgehead atoms. The Bertz CT molecular complexity index is 976. The highest BCUT2D eigenvalue weighted by molar-refractivity contribution is 7.21. The lowest BCUT2D eigenvalue weighted by molar-refractivity contribution is 0.0749. The molecule has 3 aromatic rings. The summed E-state index contributed by atoms with van der Waals surface area (Å²) in [7, 11) is 1.49. The van der Waals surface area contributed by atoms with Gasteiger partial charge in [0.1, 0.15) is 10.7 Å². The summed E-state index contributed by atoms with van der Waals surface area (Å²) in [4.78, 5) is 17.6. The van der Waals surface area contributed by atoms with Crippen molar-refractivity contribution in [2.75, 3.05) is 38.2 Å². The van der Waals surface area contributed by atoms with Crippen molar-refractivity contribution in [3.05, 3.63) is 58.7 Å². The lowest BCUT2D eigenvalue weighted by Crippen LogP contribution is -2.48. The van der Waals surface area contributed by atoms with E-state index in [0.29, 0.717) is 29.1 Å². The van der Waals surface area contributed by atoms with E-state index in [1.165, 1.54) is 35.8 Å². The van der Waals surface area contributed by atoms with E-state index >= 15 is 0 Å². The van der Waals surface area contributed by atoms with Crippen LogP contribution in [0.4, 0.5) is 10.1 Å². The van der Waals surface area contributed by atoms with Crippen LogP contribution in [0.25, 0.3) is 10.1 Å². The van der Waals surface area contributed by atoms with Crippen LogP contribution in [-0.4, -0.2) is 44.1 Å². The number of ether oxygens (including phenoxy) is 1. The number of amides is 1. The molecule has 6 heteroatoms. The Hall–Kier alpha value is -2.60. The molecular weight excluding hydrogens is 363 g/mol. The van der Waals surface area contributed by atoms with Gasteiger partial charge in [-0.2, -0.15) is 0 Å². The standard InChI is InChI=1S/C21H21FN2O2S/c1-14-6-8-15(9-7-14)23-10-12-24(13-11-23)21(25)20-19(26-2)18-16(22)4-3-5-17(18)27-20/h3-9H,10-13H2,1-2H3. The summed E-state index contributed by atoms with van der Waals surface area (Å²) < 4.78 is 20.4. The van der Waals surface area contributed by atoms with E-state index in [2.05, 4.69) is 36.1 Å². The summed E-state index contributed by atoms with van der Waals surface area (Å²) in [5.74, 6) is -0.0982. The topological polar surface area (TPSA) is 32.8 Å². The molecule has 27 heavy (non-hydrogen) atoms. The maximum atomic E-state index is 14.2. The molecule has 4 nitrogen and oxygen atoms in total. The Morgan fingerprint density at radius 1 is 1.07 bits per heavy atom. The minimum absolute atomic E-state index is 0.0870. The van der Waals surface area contributed by atoms with E-state index in [1.54, 1.807) is 6.07 Å². The molecule has 1 saturated heterocycles. The molecular formula is C21H21FN2O2S. The summed E-state index contributed by atoms with van der Waals surface area (Å²) >= 11 is 1.29. The molecule has 2 heterocycles. The number of piperazine rings is 1. The second-order valence-electron chi connectivity index (χ2n) is 6.69. The summed E-state index contributed by atoms with van der Waals surface area (Å²) in [6.07, 6.45) is 0. The zero-order chi connectivity index (χ0) is 19.0. The molecule has 0 aliphatic carbocycles. The number of anilines is 1. The predicted molar refractivity (Wildman–Crippen MR) is 108 cm³/mol. The third kappa shape index (κ3) is 3.25. The molecule has 0 unspecified atom stereocenters. The van der Waals surface area contributed by atoms with Gasteiger partial charge in [0, 0.05) is 36.6 Å². The van der Waals surface area contributed by atoms with Crippen LogP contribution in [-0.2, 0) is 0 Å². The van der Waals surface area contributed by atoms with E-state index in [-0.39, 0.29) is 11.7 Å². The first-order valence-electron chi connectivity index (χ1n) is 8.94. The van der Waals surface area contributed by atoms with Gasteiger partial charge < -0.3 is 14.5 Å². The molecule has 0 saturated carbocycles. The van der Waals surface area contributed by atoms with Gasteiger partial charge in [-0.1, -0.05) is 23.8 Å². The second kappa shape index (κ2) is 7.19. The number of nitrogens with zero attached hydrogens (tertiary/aromatic N) is 2. The van der Waals surface area contributed by atoms with Crippen LogP contribution >= 0.6 is 11.3 Å². The highest BCUT2D eigenvalue weighted by atomic mass is 32.1. The third-order valence-corrected chi connectivity index (χ3v) is 6.11. The lowest BCUT2D eigenvalue weighted by atomic mass is 10.2. The first-order chi connectivity index (χ1) is 13.1.